The first kappa shape index (κ1) is 14.2. The van der Waals surface area contributed by atoms with Gasteiger partial charge in [0.05, 0.1) is 0 Å². The van der Waals surface area contributed by atoms with Crippen molar-refractivity contribution in [2.45, 2.75) is 12.8 Å². The van der Waals surface area contributed by atoms with E-state index in [2.05, 4.69) is 15.0 Å². The van der Waals surface area contributed by atoms with E-state index in [0.29, 0.717) is 12.2 Å². The minimum absolute atomic E-state index is 0.233. The molecule has 2 rings (SSSR count). The number of nitrogens with zero attached hydrogens (tertiary/aromatic N) is 1. The average Bonchev–Trinajstić information content (AvgIpc) is 2.38. The van der Waals surface area contributed by atoms with Gasteiger partial charge in [-0.05, 0) is 30.2 Å². The van der Waals surface area contributed by atoms with Crippen molar-refractivity contribution < 1.29 is 17.9 Å². The summed E-state index contributed by atoms with van der Waals surface area (Å²) in [6.45, 7) is 0.598. The Morgan fingerprint density at radius 3 is 2.70 bits per heavy atom. The number of alkyl halides is 3. The number of hydrogen-bond donors (Lipinski definition) is 1. The normalized spacial score (nSPS) is 11.2. The van der Waals surface area contributed by atoms with Gasteiger partial charge in [0.2, 0.25) is 0 Å². The largest absolute Gasteiger partial charge is 0.573 e. The lowest BCUT2D eigenvalue weighted by Crippen LogP contribution is -2.17. The summed E-state index contributed by atoms with van der Waals surface area (Å²) in [5, 5.41) is 3.04. The second-order valence-corrected chi connectivity index (χ2v) is 4.11. The van der Waals surface area contributed by atoms with Gasteiger partial charge in [-0.2, -0.15) is 0 Å². The summed E-state index contributed by atoms with van der Waals surface area (Å²) in [6, 6.07) is 9.56. The Morgan fingerprint density at radius 1 is 1.15 bits per heavy atom. The summed E-state index contributed by atoms with van der Waals surface area (Å²) in [7, 11) is 0. The summed E-state index contributed by atoms with van der Waals surface area (Å²) in [6.07, 6.45) is -0.494. The van der Waals surface area contributed by atoms with Crippen LogP contribution in [0.1, 0.15) is 5.56 Å². The first-order chi connectivity index (χ1) is 9.53. The zero-order valence-electron chi connectivity index (χ0n) is 10.5. The van der Waals surface area contributed by atoms with Crippen LogP contribution in [0.25, 0.3) is 0 Å². The lowest BCUT2D eigenvalue weighted by molar-refractivity contribution is -0.274. The Labute approximate surface area is 114 Å². The molecule has 0 atom stereocenters. The predicted molar refractivity (Wildman–Crippen MR) is 69.6 cm³/mol. The van der Waals surface area contributed by atoms with Gasteiger partial charge in [-0.3, -0.25) is 4.98 Å². The topological polar surface area (TPSA) is 34.1 Å². The maximum absolute atomic E-state index is 12.1. The van der Waals surface area contributed by atoms with Crippen molar-refractivity contribution in [2.24, 2.45) is 0 Å². The average molecular weight is 282 g/mol. The molecule has 106 valence electrons. The van der Waals surface area contributed by atoms with Crippen molar-refractivity contribution in [2.75, 3.05) is 11.9 Å². The molecule has 1 N–H and O–H groups in total. The molecule has 0 saturated heterocycles. The third-order valence-corrected chi connectivity index (χ3v) is 2.53. The Hall–Kier alpha value is -2.24. The van der Waals surface area contributed by atoms with Crippen molar-refractivity contribution in [1.29, 1.82) is 0 Å². The molecule has 0 unspecified atom stereocenters. The first-order valence-corrected chi connectivity index (χ1v) is 6.01. The number of benzene rings is 1. The minimum Gasteiger partial charge on any atom is -0.406 e. The van der Waals surface area contributed by atoms with Crippen LogP contribution in [-0.2, 0) is 6.42 Å². The zero-order chi connectivity index (χ0) is 14.4. The van der Waals surface area contributed by atoms with E-state index >= 15 is 0 Å². The van der Waals surface area contributed by atoms with Gasteiger partial charge in [0, 0.05) is 30.7 Å². The van der Waals surface area contributed by atoms with Crippen LogP contribution in [0.5, 0.6) is 5.75 Å². The molecule has 0 radical (unpaired) electrons. The Morgan fingerprint density at radius 2 is 2.00 bits per heavy atom. The molecular weight excluding hydrogens is 269 g/mol. The lowest BCUT2D eigenvalue weighted by Gasteiger charge is -2.11. The molecule has 1 heterocycles. The van der Waals surface area contributed by atoms with Gasteiger partial charge in [0.1, 0.15) is 5.75 Å². The van der Waals surface area contributed by atoms with Crippen molar-refractivity contribution in [3.63, 3.8) is 0 Å². The van der Waals surface area contributed by atoms with E-state index in [1.807, 2.05) is 12.1 Å². The molecule has 0 saturated carbocycles. The zero-order valence-corrected chi connectivity index (χ0v) is 10.5. The fourth-order valence-electron chi connectivity index (χ4n) is 1.70. The number of hydrogen-bond acceptors (Lipinski definition) is 3. The number of pyridine rings is 1. The van der Waals surface area contributed by atoms with Gasteiger partial charge in [0.25, 0.3) is 0 Å². The van der Waals surface area contributed by atoms with E-state index in [1.165, 1.54) is 18.2 Å². The van der Waals surface area contributed by atoms with Crippen LogP contribution < -0.4 is 10.1 Å². The maximum Gasteiger partial charge on any atom is 0.573 e. The van der Waals surface area contributed by atoms with E-state index in [0.717, 1.165) is 12.0 Å². The number of nitrogens with one attached hydrogen (secondary N) is 1. The van der Waals surface area contributed by atoms with Gasteiger partial charge in [0.15, 0.2) is 0 Å². The van der Waals surface area contributed by atoms with Crippen LogP contribution in [0.2, 0.25) is 0 Å². The fraction of sp³-hybridized carbons (Fsp3) is 0.214. The Bertz CT molecular complexity index is 544. The number of aromatic nitrogens is 1. The Kier molecular flexibility index (Phi) is 4.45. The molecule has 6 heteroatoms. The smallest absolute Gasteiger partial charge is 0.406 e. The molecule has 0 aliphatic carbocycles. The summed E-state index contributed by atoms with van der Waals surface area (Å²) in [5.41, 5.74) is 1.64. The second-order valence-electron chi connectivity index (χ2n) is 4.11. The number of rotatable bonds is 5. The van der Waals surface area contributed by atoms with Gasteiger partial charge in [-0.15, -0.1) is 13.2 Å². The predicted octanol–water partition coefficient (Wildman–Crippen LogP) is 3.63. The fourth-order valence-corrected chi connectivity index (χ4v) is 1.70. The molecule has 0 amide bonds. The molecule has 0 spiro atoms. The van der Waals surface area contributed by atoms with E-state index < -0.39 is 6.36 Å². The third-order valence-electron chi connectivity index (χ3n) is 2.53. The monoisotopic (exact) mass is 282 g/mol. The number of halogens is 3. The molecule has 0 aliphatic rings. The second kappa shape index (κ2) is 6.27. The van der Waals surface area contributed by atoms with E-state index in [1.54, 1.807) is 18.5 Å². The molecule has 0 bridgehead atoms. The highest BCUT2D eigenvalue weighted by molar-refractivity contribution is 5.48. The van der Waals surface area contributed by atoms with Crippen LogP contribution in [0.3, 0.4) is 0 Å². The molecule has 1 aromatic heterocycles. The summed E-state index contributed by atoms with van der Waals surface area (Å²) in [4.78, 5) is 3.99. The summed E-state index contributed by atoms with van der Waals surface area (Å²) in [5.74, 6) is -0.233. The van der Waals surface area contributed by atoms with Crippen LogP contribution in [0.15, 0.2) is 48.8 Å². The van der Waals surface area contributed by atoms with Crippen molar-refractivity contribution in [1.82, 2.24) is 4.98 Å². The Balaban J connectivity index is 1.88. The maximum atomic E-state index is 12.1. The van der Waals surface area contributed by atoms with Gasteiger partial charge in [-0.1, -0.05) is 12.1 Å². The van der Waals surface area contributed by atoms with Crippen LogP contribution in [0, 0.1) is 0 Å². The van der Waals surface area contributed by atoms with Gasteiger partial charge >= 0.3 is 6.36 Å². The summed E-state index contributed by atoms with van der Waals surface area (Å²) < 4.78 is 40.1. The molecular formula is C14H13F3N2O. The van der Waals surface area contributed by atoms with Crippen molar-refractivity contribution in [3.8, 4) is 5.75 Å². The van der Waals surface area contributed by atoms with Gasteiger partial charge < -0.3 is 10.1 Å². The van der Waals surface area contributed by atoms with Gasteiger partial charge in [-0.25, -0.2) is 0 Å². The van der Waals surface area contributed by atoms with Crippen LogP contribution >= 0.6 is 0 Å². The van der Waals surface area contributed by atoms with Crippen molar-refractivity contribution >= 4 is 5.69 Å². The number of ether oxygens (including phenoxy) is 1. The molecule has 0 aliphatic heterocycles. The highest BCUT2D eigenvalue weighted by atomic mass is 19.4. The first-order valence-electron chi connectivity index (χ1n) is 6.01. The van der Waals surface area contributed by atoms with Crippen molar-refractivity contribution in [3.05, 3.63) is 54.4 Å². The molecule has 0 fully saturated rings. The molecule has 20 heavy (non-hydrogen) atoms. The van der Waals surface area contributed by atoms with Crippen LogP contribution in [0.4, 0.5) is 18.9 Å². The highest BCUT2D eigenvalue weighted by Crippen LogP contribution is 2.24. The van der Waals surface area contributed by atoms with E-state index in [9.17, 15) is 13.2 Å². The molecule has 2 aromatic rings. The van der Waals surface area contributed by atoms with E-state index in [4.69, 9.17) is 0 Å². The SMILES string of the molecule is FC(F)(F)Oc1cccc(NCCc2cccnc2)c1. The summed E-state index contributed by atoms with van der Waals surface area (Å²) >= 11 is 0. The minimum atomic E-state index is -4.67. The highest BCUT2D eigenvalue weighted by Gasteiger charge is 2.31. The molecule has 3 nitrogen and oxygen atoms in total. The standard InChI is InChI=1S/C14H13F3N2O/c15-14(16,17)20-13-5-1-4-12(9-13)19-8-6-11-3-2-7-18-10-11/h1-5,7,9-10,19H,6,8H2. The molecule has 1 aromatic carbocycles. The van der Waals surface area contributed by atoms with Crippen LogP contribution in [-0.4, -0.2) is 17.9 Å². The quantitative estimate of drug-likeness (QED) is 0.909. The van der Waals surface area contributed by atoms with E-state index in [-0.39, 0.29) is 5.75 Å². The lowest BCUT2D eigenvalue weighted by atomic mass is 10.2. The number of anilines is 1. The third kappa shape index (κ3) is 4.79.